The molecule has 3 heterocycles. The van der Waals surface area contributed by atoms with E-state index in [1.807, 2.05) is 0 Å². The summed E-state index contributed by atoms with van der Waals surface area (Å²) in [5, 5.41) is 11.9. The van der Waals surface area contributed by atoms with E-state index in [2.05, 4.69) is 21.2 Å². The quantitative estimate of drug-likeness (QED) is 0.210. The van der Waals surface area contributed by atoms with E-state index < -0.39 is 28.9 Å². The van der Waals surface area contributed by atoms with Crippen LogP contribution >= 0.6 is 39.0 Å². The highest BCUT2D eigenvalue weighted by Gasteiger charge is 2.57. The standard InChI is InChI=1S/C30H24BrN3O7S2/c1-40-20-12-3-15(13-21(20)41-2)23-24-25(28(38)34(27(24)37)18-8-4-16(31)5-9-18)42-29-26(23)43-30(39)33(29)14-22(36)32-17-6-10-19(35)11-7-17/h3-13,23-25,35H,14H2,1-2H3,(H,32,36)/t23-,24?,25?/m1/s1. The highest BCUT2D eigenvalue weighted by molar-refractivity contribution is 9.10. The van der Waals surface area contributed by atoms with Gasteiger partial charge in [-0.1, -0.05) is 45.1 Å². The fourth-order valence-corrected chi connectivity index (χ4v) is 8.43. The third-order valence-electron chi connectivity index (χ3n) is 7.35. The van der Waals surface area contributed by atoms with Crippen LogP contribution in [0.1, 0.15) is 16.4 Å². The molecule has 4 aromatic rings. The van der Waals surface area contributed by atoms with Crippen molar-refractivity contribution in [1.29, 1.82) is 0 Å². The largest absolute Gasteiger partial charge is 0.508 e. The van der Waals surface area contributed by atoms with E-state index in [4.69, 9.17) is 9.47 Å². The number of anilines is 2. The van der Waals surface area contributed by atoms with E-state index in [1.54, 1.807) is 54.6 Å². The summed E-state index contributed by atoms with van der Waals surface area (Å²) in [6, 6.07) is 18.2. The van der Waals surface area contributed by atoms with Crippen molar-refractivity contribution in [3.05, 3.63) is 91.3 Å². The second kappa shape index (κ2) is 11.5. The molecule has 0 aliphatic carbocycles. The van der Waals surface area contributed by atoms with Crippen LogP contribution < -0.4 is 24.6 Å². The molecule has 10 nitrogen and oxygen atoms in total. The van der Waals surface area contributed by atoms with Gasteiger partial charge < -0.3 is 19.9 Å². The number of hydrogen-bond donors (Lipinski definition) is 2. The number of phenols is 1. The van der Waals surface area contributed by atoms with Crippen LogP contribution in [-0.4, -0.2) is 46.9 Å². The Morgan fingerprint density at radius 2 is 1.65 bits per heavy atom. The molecule has 1 aromatic heterocycles. The highest BCUT2D eigenvalue weighted by Crippen LogP contribution is 2.54. The normalized spacial score (nSPS) is 19.1. The molecule has 13 heteroatoms. The summed E-state index contributed by atoms with van der Waals surface area (Å²) >= 11 is 5.49. The topological polar surface area (TPSA) is 127 Å². The molecule has 2 aliphatic rings. The number of aromatic nitrogens is 1. The van der Waals surface area contributed by atoms with Crippen molar-refractivity contribution in [2.75, 3.05) is 24.4 Å². The van der Waals surface area contributed by atoms with Crippen LogP contribution in [0, 0.1) is 5.92 Å². The van der Waals surface area contributed by atoms with Crippen molar-refractivity contribution in [3.63, 3.8) is 0 Å². The van der Waals surface area contributed by atoms with E-state index in [9.17, 15) is 24.3 Å². The third-order valence-corrected chi connectivity index (χ3v) is 10.5. The fraction of sp³-hybridized carbons (Fsp3) is 0.200. The minimum absolute atomic E-state index is 0.0567. The average Bonchev–Trinajstić information content (AvgIpc) is 3.44. The van der Waals surface area contributed by atoms with Gasteiger partial charge >= 0.3 is 4.87 Å². The molecule has 0 bridgehead atoms. The molecule has 6 rings (SSSR count). The smallest absolute Gasteiger partial charge is 0.308 e. The molecule has 3 amide bonds. The zero-order valence-electron chi connectivity index (χ0n) is 22.8. The van der Waals surface area contributed by atoms with Crippen LogP contribution in [0.25, 0.3) is 0 Å². The molecular weight excluding hydrogens is 658 g/mol. The van der Waals surface area contributed by atoms with Gasteiger partial charge in [-0.05, 0) is 66.2 Å². The Hall–Kier alpha value is -4.07. The number of benzene rings is 3. The number of amides is 3. The van der Waals surface area contributed by atoms with Gasteiger partial charge in [0.2, 0.25) is 17.7 Å². The zero-order valence-corrected chi connectivity index (χ0v) is 26.0. The number of carbonyl (C=O) groups is 3. The molecule has 0 radical (unpaired) electrons. The van der Waals surface area contributed by atoms with Gasteiger partial charge in [0.15, 0.2) is 11.5 Å². The van der Waals surface area contributed by atoms with Gasteiger partial charge in [0, 0.05) is 21.0 Å². The van der Waals surface area contributed by atoms with Crippen LogP contribution in [0.4, 0.5) is 11.4 Å². The Balaban J connectivity index is 1.43. The number of carbonyl (C=O) groups excluding carboxylic acids is 3. The maximum absolute atomic E-state index is 14.1. The van der Waals surface area contributed by atoms with Crippen LogP contribution in [0.15, 0.2) is 81.0 Å². The predicted octanol–water partition coefficient (Wildman–Crippen LogP) is 4.83. The molecule has 1 fully saturated rings. The summed E-state index contributed by atoms with van der Waals surface area (Å²) in [5.74, 6) is -1.68. The maximum Gasteiger partial charge on any atom is 0.308 e. The number of halogens is 1. The summed E-state index contributed by atoms with van der Waals surface area (Å²) in [6.07, 6.45) is 0. The number of phenolic OH excluding ortho intramolecular Hbond substituents is 1. The van der Waals surface area contributed by atoms with Crippen molar-refractivity contribution in [2.24, 2.45) is 5.92 Å². The number of rotatable bonds is 7. The third kappa shape index (κ3) is 5.21. The summed E-state index contributed by atoms with van der Waals surface area (Å²) < 4.78 is 13.1. The number of aromatic hydroxyl groups is 1. The molecule has 43 heavy (non-hydrogen) atoms. The van der Waals surface area contributed by atoms with Gasteiger partial charge in [0.05, 0.1) is 30.9 Å². The molecule has 3 atom stereocenters. The lowest BCUT2D eigenvalue weighted by atomic mass is 9.83. The number of methoxy groups -OCH3 is 2. The maximum atomic E-state index is 14.1. The minimum atomic E-state index is -0.831. The number of nitrogens with one attached hydrogen (secondary N) is 1. The number of hydrogen-bond acceptors (Lipinski definition) is 9. The van der Waals surface area contributed by atoms with Gasteiger partial charge in [-0.25, -0.2) is 4.90 Å². The van der Waals surface area contributed by atoms with Crippen molar-refractivity contribution in [3.8, 4) is 17.2 Å². The summed E-state index contributed by atoms with van der Waals surface area (Å²) in [6.45, 7) is -0.298. The summed E-state index contributed by atoms with van der Waals surface area (Å²) in [4.78, 5) is 55.8. The lowest BCUT2D eigenvalue weighted by Gasteiger charge is -2.31. The first-order chi connectivity index (χ1) is 20.7. The fourth-order valence-electron chi connectivity index (χ4n) is 5.39. The van der Waals surface area contributed by atoms with Crippen LogP contribution in [-0.2, 0) is 20.9 Å². The SMILES string of the molecule is COc1ccc([C@H]2c3sc(=O)n(CC(=O)Nc4ccc(O)cc4)c3SC3C(=O)N(c4ccc(Br)cc4)C(=O)C32)cc1OC. The lowest BCUT2D eigenvalue weighted by Crippen LogP contribution is -2.33. The molecule has 220 valence electrons. The van der Waals surface area contributed by atoms with Crippen molar-refractivity contribution < 1.29 is 29.0 Å². The molecule has 2 N–H and O–H groups in total. The van der Waals surface area contributed by atoms with Gasteiger partial charge in [0.1, 0.15) is 17.5 Å². The first-order valence-electron chi connectivity index (χ1n) is 13.0. The molecule has 2 aliphatic heterocycles. The van der Waals surface area contributed by atoms with Gasteiger partial charge in [-0.15, -0.1) is 0 Å². The van der Waals surface area contributed by atoms with E-state index >= 15 is 0 Å². The first kappa shape index (κ1) is 29.0. The van der Waals surface area contributed by atoms with Crippen LogP contribution in [0.5, 0.6) is 17.2 Å². The average molecular weight is 683 g/mol. The van der Waals surface area contributed by atoms with Crippen molar-refractivity contribution in [1.82, 2.24) is 4.57 Å². The molecule has 0 saturated carbocycles. The Bertz CT molecular complexity index is 1800. The van der Waals surface area contributed by atoms with E-state index in [-0.39, 0.29) is 23.1 Å². The number of thiazole rings is 1. The van der Waals surface area contributed by atoms with E-state index in [0.29, 0.717) is 38.3 Å². The van der Waals surface area contributed by atoms with Crippen LogP contribution in [0.3, 0.4) is 0 Å². The van der Waals surface area contributed by atoms with E-state index in [0.717, 1.165) is 27.6 Å². The number of fused-ring (bicyclic) bond motifs is 2. The zero-order chi connectivity index (χ0) is 30.4. The predicted molar refractivity (Wildman–Crippen MR) is 166 cm³/mol. The Kier molecular flexibility index (Phi) is 7.79. The highest BCUT2D eigenvalue weighted by atomic mass is 79.9. The summed E-state index contributed by atoms with van der Waals surface area (Å²) in [7, 11) is 3.03. The Morgan fingerprint density at radius 3 is 2.33 bits per heavy atom. The second-order valence-electron chi connectivity index (χ2n) is 9.86. The van der Waals surface area contributed by atoms with Crippen molar-refractivity contribution >= 4 is 68.1 Å². The Labute approximate surface area is 262 Å². The molecular formula is C30H24BrN3O7S2. The number of nitrogens with zero attached hydrogens (tertiary/aromatic N) is 2. The van der Waals surface area contributed by atoms with Gasteiger partial charge in [-0.2, -0.15) is 0 Å². The molecule has 2 unspecified atom stereocenters. The van der Waals surface area contributed by atoms with E-state index in [1.165, 1.54) is 35.8 Å². The minimum Gasteiger partial charge on any atom is -0.508 e. The number of thioether (sulfide) groups is 1. The summed E-state index contributed by atoms with van der Waals surface area (Å²) in [5.41, 5.74) is 1.58. The number of ether oxygens (including phenoxy) is 2. The monoisotopic (exact) mass is 681 g/mol. The van der Waals surface area contributed by atoms with Gasteiger partial charge in [0.25, 0.3) is 0 Å². The lowest BCUT2D eigenvalue weighted by molar-refractivity contribution is -0.122. The Morgan fingerprint density at radius 1 is 0.953 bits per heavy atom. The first-order valence-corrected chi connectivity index (χ1v) is 15.5. The van der Waals surface area contributed by atoms with Crippen LogP contribution in [0.2, 0.25) is 0 Å². The van der Waals surface area contributed by atoms with Crippen molar-refractivity contribution in [2.45, 2.75) is 22.7 Å². The molecule has 1 saturated heterocycles. The van der Waals surface area contributed by atoms with Gasteiger partial charge in [-0.3, -0.25) is 23.7 Å². The molecule has 0 spiro atoms. The molecule has 3 aromatic carbocycles. The second-order valence-corrected chi connectivity index (χ2v) is 12.9. The number of imide groups is 1.